The van der Waals surface area contributed by atoms with E-state index < -0.39 is 0 Å². The molecule has 3 aliphatic heterocycles. The smallest absolute Gasteiger partial charge is 0.253 e. The Morgan fingerprint density at radius 3 is 2.17 bits per heavy atom. The molecular formula is C25H33N3O. The summed E-state index contributed by atoms with van der Waals surface area (Å²) in [5.41, 5.74) is 3.35. The molecule has 2 bridgehead atoms. The van der Waals surface area contributed by atoms with Gasteiger partial charge in [0.15, 0.2) is 0 Å². The zero-order valence-corrected chi connectivity index (χ0v) is 17.8. The molecule has 29 heavy (non-hydrogen) atoms. The number of hydrogen-bond acceptors (Lipinski definition) is 3. The van der Waals surface area contributed by atoms with Crippen LogP contribution in [0.25, 0.3) is 0 Å². The molecule has 3 aliphatic rings. The van der Waals surface area contributed by atoms with E-state index in [4.69, 9.17) is 0 Å². The number of piperidine rings is 3. The third kappa shape index (κ3) is 4.32. The molecule has 0 radical (unpaired) electrons. The number of nitrogens with zero attached hydrogens (tertiary/aromatic N) is 3. The molecule has 0 N–H and O–H groups in total. The molecule has 4 nitrogen and oxygen atoms in total. The third-order valence-electron chi connectivity index (χ3n) is 6.71. The summed E-state index contributed by atoms with van der Waals surface area (Å²) in [6, 6.07) is 19.6. The number of hydrogen-bond donors (Lipinski definition) is 0. The number of carbonyl (C=O) groups excluding carboxylic acids is 1. The van der Waals surface area contributed by atoms with Crippen molar-refractivity contribution >= 4 is 11.6 Å². The standard InChI is InChI=1S/C25H33N3O/c1-3-27(4-2)25(29)22-10-12-23(13-11-22)28(18-20-8-6-5-7-9-20)24-19-26-16-14-21(24)15-17-26/h5-13,21,24H,3-4,14-19H2,1-2H3. The van der Waals surface area contributed by atoms with E-state index in [0.29, 0.717) is 6.04 Å². The van der Waals surface area contributed by atoms with E-state index in [1.165, 1.54) is 37.2 Å². The molecule has 0 aliphatic carbocycles. The molecule has 3 saturated heterocycles. The lowest BCUT2D eigenvalue weighted by molar-refractivity contribution is 0.0773. The Morgan fingerprint density at radius 2 is 1.62 bits per heavy atom. The summed E-state index contributed by atoms with van der Waals surface area (Å²) >= 11 is 0. The topological polar surface area (TPSA) is 26.8 Å². The highest BCUT2D eigenvalue weighted by molar-refractivity contribution is 5.94. The van der Waals surface area contributed by atoms with Gasteiger partial charge < -0.3 is 14.7 Å². The van der Waals surface area contributed by atoms with E-state index in [-0.39, 0.29) is 5.91 Å². The van der Waals surface area contributed by atoms with Gasteiger partial charge in [-0.05, 0) is 75.5 Å². The van der Waals surface area contributed by atoms with Gasteiger partial charge in [0.1, 0.15) is 0 Å². The molecule has 0 spiro atoms. The summed E-state index contributed by atoms with van der Waals surface area (Å²) in [5, 5.41) is 0. The molecule has 1 atom stereocenters. The fourth-order valence-corrected chi connectivity index (χ4v) is 4.96. The van der Waals surface area contributed by atoms with Crippen LogP contribution in [0.15, 0.2) is 54.6 Å². The van der Waals surface area contributed by atoms with Crippen LogP contribution in [0.5, 0.6) is 0 Å². The number of fused-ring (bicyclic) bond motifs is 3. The summed E-state index contributed by atoms with van der Waals surface area (Å²) < 4.78 is 0. The molecule has 154 valence electrons. The SMILES string of the molecule is CCN(CC)C(=O)c1ccc(N(Cc2ccccc2)C2CN3CCC2CC3)cc1. The maximum atomic E-state index is 12.7. The lowest BCUT2D eigenvalue weighted by atomic mass is 9.82. The lowest BCUT2D eigenvalue weighted by Gasteiger charge is -2.50. The molecule has 4 heteroatoms. The lowest BCUT2D eigenvalue weighted by Crippen LogP contribution is -2.57. The molecule has 0 aromatic heterocycles. The van der Waals surface area contributed by atoms with Crippen molar-refractivity contribution in [1.29, 1.82) is 0 Å². The molecule has 2 aromatic carbocycles. The Kier molecular flexibility index (Phi) is 6.19. The van der Waals surface area contributed by atoms with Gasteiger partial charge in [-0.25, -0.2) is 0 Å². The second-order valence-electron chi connectivity index (χ2n) is 8.34. The maximum Gasteiger partial charge on any atom is 0.253 e. The first-order chi connectivity index (χ1) is 14.2. The normalized spacial score (nSPS) is 23.0. The molecule has 3 heterocycles. The monoisotopic (exact) mass is 391 g/mol. The molecule has 3 fully saturated rings. The highest BCUT2D eigenvalue weighted by Crippen LogP contribution is 2.34. The molecule has 2 aromatic rings. The fourth-order valence-electron chi connectivity index (χ4n) is 4.96. The summed E-state index contributed by atoms with van der Waals surface area (Å²) in [5.74, 6) is 0.889. The summed E-state index contributed by atoms with van der Waals surface area (Å²) in [4.78, 5) is 19.8. The van der Waals surface area contributed by atoms with E-state index >= 15 is 0 Å². The van der Waals surface area contributed by atoms with Gasteiger partial charge in [-0.2, -0.15) is 0 Å². The van der Waals surface area contributed by atoms with Crippen LogP contribution < -0.4 is 4.90 Å². The Morgan fingerprint density at radius 1 is 0.966 bits per heavy atom. The minimum absolute atomic E-state index is 0.124. The quantitative estimate of drug-likeness (QED) is 0.705. The number of rotatable bonds is 7. The van der Waals surface area contributed by atoms with E-state index in [9.17, 15) is 4.79 Å². The van der Waals surface area contributed by atoms with Crippen LogP contribution in [0.1, 0.15) is 42.6 Å². The third-order valence-corrected chi connectivity index (χ3v) is 6.71. The van der Waals surface area contributed by atoms with Crippen LogP contribution in [0, 0.1) is 5.92 Å². The first-order valence-corrected chi connectivity index (χ1v) is 11.1. The number of anilines is 1. The zero-order valence-electron chi connectivity index (χ0n) is 17.8. The van der Waals surface area contributed by atoms with Gasteiger partial charge in [0, 0.05) is 43.5 Å². The van der Waals surface area contributed by atoms with Gasteiger partial charge in [-0.3, -0.25) is 4.79 Å². The maximum absolute atomic E-state index is 12.7. The summed E-state index contributed by atoms with van der Waals surface area (Å²) in [7, 11) is 0. The first-order valence-electron chi connectivity index (χ1n) is 11.1. The van der Waals surface area contributed by atoms with Crippen molar-refractivity contribution in [3.63, 3.8) is 0 Å². The van der Waals surface area contributed by atoms with Crippen molar-refractivity contribution in [3.8, 4) is 0 Å². The van der Waals surface area contributed by atoms with Gasteiger partial charge in [0.2, 0.25) is 0 Å². The Hall–Kier alpha value is -2.33. The van der Waals surface area contributed by atoms with Crippen molar-refractivity contribution < 1.29 is 4.79 Å². The fraction of sp³-hybridized carbons (Fsp3) is 0.480. The van der Waals surface area contributed by atoms with Crippen molar-refractivity contribution in [2.45, 2.75) is 39.3 Å². The van der Waals surface area contributed by atoms with E-state index in [2.05, 4.69) is 52.3 Å². The van der Waals surface area contributed by atoms with Gasteiger partial charge in [-0.1, -0.05) is 30.3 Å². The molecule has 0 saturated carbocycles. The summed E-state index contributed by atoms with van der Waals surface area (Å²) in [6.45, 7) is 10.1. The van der Waals surface area contributed by atoms with Crippen LogP contribution in [0.2, 0.25) is 0 Å². The predicted octanol–water partition coefficient (Wildman–Crippen LogP) is 4.27. The second kappa shape index (κ2) is 9.00. The predicted molar refractivity (Wildman–Crippen MR) is 119 cm³/mol. The van der Waals surface area contributed by atoms with Gasteiger partial charge in [0.25, 0.3) is 5.91 Å². The molecule has 1 unspecified atom stereocenters. The minimum Gasteiger partial charge on any atom is -0.363 e. The van der Waals surface area contributed by atoms with Crippen molar-refractivity contribution in [2.75, 3.05) is 37.6 Å². The van der Waals surface area contributed by atoms with Crippen LogP contribution in [0.4, 0.5) is 5.69 Å². The molecule has 5 rings (SSSR count). The largest absolute Gasteiger partial charge is 0.363 e. The number of amides is 1. The Labute approximate surface area is 175 Å². The van der Waals surface area contributed by atoms with Gasteiger partial charge in [-0.15, -0.1) is 0 Å². The second-order valence-corrected chi connectivity index (χ2v) is 8.34. The molecular weight excluding hydrogens is 358 g/mol. The van der Waals surface area contributed by atoms with Gasteiger partial charge >= 0.3 is 0 Å². The summed E-state index contributed by atoms with van der Waals surface area (Å²) in [6.07, 6.45) is 2.60. The minimum atomic E-state index is 0.124. The number of carbonyl (C=O) groups is 1. The van der Waals surface area contributed by atoms with Crippen LogP contribution in [-0.2, 0) is 6.54 Å². The van der Waals surface area contributed by atoms with Gasteiger partial charge in [0.05, 0.1) is 0 Å². The zero-order chi connectivity index (χ0) is 20.2. The van der Waals surface area contributed by atoms with Crippen molar-refractivity contribution in [1.82, 2.24) is 9.80 Å². The van der Waals surface area contributed by atoms with E-state index in [1.54, 1.807) is 0 Å². The van der Waals surface area contributed by atoms with Crippen LogP contribution in [-0.4, -0.2) is 54.5 Å². The van der Waals surface area contributed by atoms with E-state index in [1.807, 2.05) is 30.9 Å². The van der Waals surface area contributed by atoms with E-state index in [0.717, 1.165) is 37.7 Å². The molecule has 1 amide bonds. The van der Waals surface area contributed by atoms with Crippen LogP contribution in [0.3, 0.4) is 0 Å². The highest BCUT2D eigenvalue weighted by atomic mass is 16.2. The highest BCUT2D eigenvalue weighted by Gasteiger charge is 2.37. The average Bonchev–Trinajstić information content (AvgIpc) is 2.80. The Balaban J connectivity index is 1.60. The number of benzene rings is 2. The average molecular weight is 392 g/mol. The van der Waals surface area contributed by atoms with Crippen LogP contribution >= 0.6 is 0 Å². The first kappa shape index (κ1) is 20.0. The Bertz CT molecular complexity index is 793. The van der Waals surface area contributed by atoms with Crippen molar-refractivity contribution in [3.05, 3.63) is 65.7 Å². The van der Waals surface area contributed by atoms with Crippen molar-refractivity contribution in [2.24, 2.45) is 5.92 Å².